The van der Waals surface area contributed by atoms with Crippen molar-refractivity contribution in [3.63, 3.8) is 0 Å². The first-order valence-electron chi connectivity index (χ1n) is 5.06. The number of anilines is 1. The van der Waals surface area contributed by atoms with E-state index in [0.29, 0.717) is 11.3 Å². The number of fused-ring (bicyclic) bond motifs is 1. The number of benzene rings is 1. The maximum absolute atomic E-state index is 11.4. The summed E-state index contributed by atoms with van der Waals surface area (Å²) < 4.78 is 0. The summed E-state index contributed by atoms with van der Waals surface area (Å²) in [7, 11) is 1.66. The molecule has 0 fully saturated rings. The summed E-state index contributed by atoms with van der Waals surface area (Å²) in [5.74, 6) is -1.05. The van der Waals surface area contributed by atoms with E-state index >= 15 is 0 Å². The average Bonchev–Trinajstić information content (AvgIpc) is 2.55. The normalized spacial score (nSPS) is 13.2. The standard InChI is InChI=1S/C11H11N3O3/c1-12-5-9(15)13-6-2-3-7-8(4-6)11(17)14-10(7)16/h2-4,12H,5H2,1H3,(H,13,15)(H,14,16,17). The molecule has 2 rings (SSSR count). The molecule has 17 heavy (non-hydrogen) atoms. The van der Waals surface area contributed by atoms with Crippen LogP contribution in [0.5, 0.6) is 0 Å². The predicted molar refractivity (Wildman–Crippen MR) is 60.8 cm³/mol. The van der Waals surface area contributed by atoms with E-state index in [0.717, 1.165) is 0 Å². The Morgan fingerprint density at radius 2 is 1.94 bits per heavy atom. The fraction of sp³-hybridized carbons (Fsp3) is 0.182. The summed E-state index contributed by atoms with van der Waals surface area (Å²) in [5, 5.41) is 7.51. The fourth-order valence-electron chi connectivity index (χ4n) is 1.61. The second kappa shape index (κ2) is 4.34. The third-order valence-corrected chi connectivity index (χ3v) is 2.36. The molecule has 0 atom stereocenters. The summed E-state index contributed by atoms with van der Waals surface area (Å²) in [6.07, 6.45) is 0. The predicted octanol–water partition coefficient (Wildman–Crippen LogP) is -0.272. The van der Waals surface area contributed by atoms with Crippen molar-refractivity contribution < 1.29 is 14.4 Å². The summed E-state index contributed by atoms with van der Waals surface area (Å²) >= 11 is 0. The van der Waals surface area contributed by atoms with Crippen LogP contribution in [0.2, 0.25) is 0 Å². The quantitative estimate of drug-likeness (QED) is 0.627. The van der Waals surface area contributed by atoms with Crippen LogP contribution in [0.3, 0.4) is 0 Å². The second-order valence-corrected chi connectivity index (χ2v) is 3.62. The Labute approximate surface area is 97.4 Å². The molecule has 0 saturated carbocycles. The van der Waals surface area contributed by atoms with Crippen LogP contribution in [0.25, 0.3) is 0 Å². The Morgan fingerprint density at radius 1 is 1.24 bits per heavy atom. The van der Waals surface area contributed by atoms with Gasteiger partial charge in [0.2, 0.25) is 5.91 Å². The molecule has 0 aromatic heterocycles. The fourth-order valence-corrected chi connectivity index (χ4v) is 1.61. The largest absolute Gasteiger partial charge is 0.325 e. The molecule has 0 bridgehead atoms. The lowest BCUT2D eigenvalue weighted by Gasteiger charge is -2.05. The molecule has 1 aliphatic rings. The molecule has 0 saturated heterocycles. The van der Waals surface area contributed by atoms with Crippen molar-refractivity contribution in [2.75, 3.05) is 18.9 Å². The van der Waals surface area contributed by atoms with Gasteiger partial charge < -0.3 is 10.6 Å². The van der Waals surface area contributed by atoms with Crippen LogP contribution in [0.4, 0.5) is 5.69 Å². The second-order valence-electron chi connectivity index (χ2n) is 3.62. The van der Waals surface area contributed by atoms with Gasteiger partial charge in [-0.2, -0.15) is 0 Å². The molecule has 1 aliphatic heterocycles. The minimum absolute atomic E-state index is 0.183. The van der Waals surface area contributed by atoms with Crippen LogP contribution in [-0.4, -0.2) is 31.3 Å². The maximum atomic E-state index is 11.4. The third kappa shape index (κ3) is 2.16. The van der Waals surface area contributed by atoms with E-state index in [1.165, 1.54) is 12.1 Å². The third-order valence-electron chi connectivity index (χ3n) is 2.36. The molecular formula is C11H11N3O3. The number of carbonyl (C=O) groups excluding carboxylic acids is 3. The number of carbonyl (C=O) groups is 3. The molecule has 0 spiro atoms. The number of imide groups is 1. The lowest BCUT2D eigenvalue weighted by atomic mass is 10.1. The van der Waals surface area contributed by atoms with Gasteiger partial charge in [0.15, 0.2) is 0 Å². The minimum atomic E-state index is -0.435. The molecule has 3 amide bonds. The highest BCUT2D eigenvalue weighted by Gasteiger charge is 2.26. The molecular weight excluding hydrogens is 222 g/mol. The van der Waals surface area contributed by atoms with Gasteiger partial charge in [0, 0.05) is 5.69 Å². The molecule has 0 radical (unpaired) electrons. The number of nitrogens with one attached hydrogen (secondary N) is 3. The van der Waals surface area contributed by atoms with Gasteiger partial charge in [0.1, 0.15) is 0 Å². The van der Waals surface area contributed by atoms with Crippen molar-refractivity contribution in [2.24, 2.45) is 0 Å². The van der Waals surface area contributed by atoms with Gasteiger partial charge in [-0.25, -0.2) is 0 Å². The molecule has 0 unspecified atom stereocenters. The van der Waals surface area contributed by atoms with Gasteiger partial charge in [-0.1, -0.05) is 0 Å². The zero-order chi connectivity index (χ0) is 12.4. The number of hydrogen-bond acceptors (Lipinski definition) is 4. The van der Waals surface area contributed by atoms with Crippen LogP contribution < -0.4 is 16.0 Å². The van der Waals surface area contributed by atoms with E-state index in [1.807, 2.05) is 0 Å². The summed E-state index contributed by atoms with van der Waals surface area (Å²) in [5.41, 5.74) is 1.12. The van der Waals surface area contributed by atoms with E-state index in [1.54, 1.807) is 13.1 Å². The van der Waals surface area contributed by atoms with Gasteiger partial charge in [-0.15, -0.1) is 0 Å². The number of rotatable bonds is 3. The Hall–Kier alpha value is -2.21. The van der Waals surface area contributed by atoms with Crippen molar-refractivity contribution in [3.05, 3.63) is 29.3 Å². The maximum Gasteiger partial charge on any atom is 0.259 e. The smallest absolute Gasteiger partial charge is 0.259 e. The van der Waals surface area contributed by atoms with Gasteiger partial charge in [0.05, 0.1) is 17.7 Å². The number of likely N-dealkylation sites (N-methyl/N-ethyl adjacent to an activating group) is 1. The highest BCUT2D eigenvalue weighted by molar-refractivity contribution is 6.22. The molecule has 1 aromatic rings. The van der Waals surface area contributed by atoms with E-state index in [9.17, 15) is 14.4 Å². The first-order chi connectivity index (χ1) is 8.11. The molecule has 1 aromatic carbocycles. The zero-order valence-corrected chi connectivity index (χ0v) is 9.16. The first kappa shape index (κ1) is 11.3. The SMILES string of the molecule is CNCC(=O)Nc1ccc2c(c1)C(=O)NC2=O. The van der Waals surface area contributed by atoms with Gasteiger partial charge in [-0.3, -0.25) is 19.7 Å². The molecule has 1 heterocycles. The first-order valence-corrected chi connectivity index (χ1v) is 5.06. The van der Waals surface area contributed by atoms with Crippen molar-refractivity contribution in [1.29, 1.82) is 0 Å². The van der Waals surface area contributed by atoms with Crippen LogP contribution in [0.15, 0.2) is 18.2 Å². The van der Waals surface area contributed by atoms with Crippen LogP contribution >= 0.6 is 0 Å². The van der Waals surface area contributed by atoms with Crippen LogP contribution in [0.1, 0.15) is 20.7 Å². The van der Waals surface area contributed by atoms with E-state index in [-0.39, 0.29) is 18.0 Å². The zero-order valence-electron chi connectivity index (χ0n) is 9.16. The Kier molecular flexibility index (Phi) is 2.88. The number of hydrogen-bond donors (Lipinski definition) is 3. The number of amides is 3. The van der Waals surface area contributed by atoms with Gasteiger partial charge in [0.25, 0.3) is 11.8 Å². The summed E-state index contributed by atoms with van der Waals surface area (Å²) in [6.45, 7) is 0.183. The molecule has 6 nitrogen and oxygen atoms in total. The Balaban J connectivity index is 2.23. The average molecular weight is 233 g/mol. The lowest BCUT2D eigenvalue weighted by molar-refractivity contribution is -0.115. The molecule has 88 valence electrons. The Bertz CT molecular complexity index is 511. The van der Waals surface area contributed by atoms with Crippen LogP contribution in [0, 0.1) is 0 Å². The molecule has 0 aliphatic carbocycles. The van der Waals surface area contributed by atoms with Gasteiger partial charge in [-0.05, 0) is 25.2 Å². The topological polar surface area (TPSA) is 87.3 Å². The highest BCUT2D eigenvalue weighted by Crippen LogP contribution is 2.20. The minimum Gasteiger partial charge on any atom is -0.325 e. The molecule has 6 heteroatoms. The van der Waals surface area contributed by atoms with Crippen molar-refractivity contribution in [1.82, 2.24) is 10.6 Å². The lowest BCUT2D eigenvalue weighted by Crippen LogP contribution is -2.25. The van der Waals surface area contributed by atoms with E-state index in [4.69, 9.17) is 0 Å². The Morgan fingerprint density at radius 3 is 2.65 bits per heavy atom. The van der Waals surface area contributed by atoms with Crippen molar-refractivity contribution in [3.8, 4) is 0 Å². The van der Waals surface area contributed by atoms with Crippen molar-refractivity contribution >= 4 is 23.4 Å². The monoisotopic (exact) mass is 233 g/mol. The highest BCUT2D eigenvalue weighted by atomic mass is 16.2. The molecule has 3 N–H and O–H groups in total. The van der Waals surface area contributed by atoms with Crippen molar-refractivity contribution in [2.45, 2.75) is 0 Å². The van der Waals surface area contributed by atoms with E-state index in [2.05, 4.69) is 16.0 Å². The van der Waals surface area contributed by atoms with Crippen LogP contribution in [-0.2, 0) is 4.79 Å². The summed E-state index contributed by atoms with van der Waals surface area (Å²) in [4.78, 5) is 34.0. The van der Waals surface area contributed by atoms with Gasteiger partial charge >= 0.3 is 0 Å². The summed E-state index contributed by atoms with van der Waals surface area (Å²) in [6, 6.07) is 4.60. The van der Waals surface area contributed by atoms with E-state index < -0.39 is 11.8 Å².